The molecule has 0 aromatic heterocycles. The van der Waals surface area contributed by atoms with Gasteiger partial charge in [0.2, 0.25) is 0 Å². The number of carbonyl (C=O) groups excluding carboxylic acids is 1. The van der Waals surface area contributed by atoms with E-state index in [1.807, 2.05) is 0 Å². The van der Waals surface area contributed by atoms with Crippen molar-refractivity contribution in [3.63, 3.8) is 0 Å². The molecule has 3 heteroatoms. The fourth-order valence-electron chi connectivity index (χ4n) is 0.413. The van der Waals surface area contributed by atoms with E-state index < -0.39 is 0 Å². The minimum absolute atomic E-state index is 0.444. The molecule has 0 aliphatic carbocycles. The van der Waals surface area contributed by atoms with Crippen LogP contribution in [0.25, 0.3) is 0 Å². The van der Waals surface area contributed by atoms with E-state index in [-0.39, 0.29) is 0 Å². The summed E-state index contributed by atoms with van der Waals surface area (Å²) in [6.45, 7) is 0.657. The first-order chi connectivity index (χ1) is 3.43. The molecule has 0 saturated heterocycles. The second-order valence-electron chi connectivity index (χ2n) is 1.26. The molecule has 1 rings (SSSR count). The summed E-state index contributed by atoms with van der Waals surface area (Å²) < 4.78 is 0. The number of rotatable bonds is 0. The molecule has 0 spiro atoms. The summed E-state index contributed by atoms with van der Waals surface area (Å²) in [5, 5.41) is 7.03. The molecular formula is C4H4N2O. The largest absolute Gasteiger partial charge is 0.231 e. The molecule has 1 aliphatic heterocycles. The van der Waals surface area contributed by atoms with Gasteiger partial charge in [-0.15, -0.1) is 5.11 Å². The third-order valence-electron chi connectivity index (χ3n) is 0.758. The van der Waals surface area contributed by atoms with E-state index in [2.05, 4.69) is 10.2 Å². The van der Waals surface area contributed by atoms with Crippen LogP contribution < -0.4 is 0 Å². The molecule has 0 unspecified atom stereocenters. The van der Waals surface area contributed by atoms with Crippen molar-refractivity contribution < 1.29 is 4.79 Å². The van der Waals surface area contributed by atoms with Gasteiger partial charge in [0.25, 0.3) is 0 Å². The highest BCUT2D eigenvalue weighted by atomic mass is 16.1. The summed E-state index contributed by atoms with van der Waals surface area (Å²) in [5.74, 6) is 1.67. The van der Waals surface area contributed by atoms with Crippen molar-refractivity contribution in [3.8, 4) is 0 Å². The molecule has 1 aliphatic rings. The highest BCUT2D eigenvalue weighted by Crippen LogP contribution is 2.06. The monoisotopic (exact) mass is 96.0 g/mol. The van der Waals surface area contributed by atoms with E-state index >= 15 is 0 Å². The van der Waals surface area contributed by atoms with Gasteiger partial charge in [0.1, 0.15) is 11.6 Å². The molecule has 0 aromatic rings. The molecule has 0 bridgehead atoms. The molecule has 0 aromatic carbocycles. The minimum atomic E-state index is 0.444. The molecular weight excluding hydrogens is 92.1 g/mol. The lowest BCUT2D eigenvalue weighted by Crippen LogP contribution is -1.71. The van der Waals surface area contributed by atoms with Crippen molar-refractivity contribution >= 4 is 5.94 Å². The molecule has 0 fully saturated rings. The molecule has 0 atom stereocenters. The summed E-state index contributed by atoms with van der Waals surface area (Å²) in [6, 6.07) is 0. The zero-order valence-corrected chi connectivity index (χ0v) is 3.72. The van der Waals surface area contributed by atoms with Gasteiger partial charge in [0.15, 0.2) is 0 Å². The third-order valence-corrected chi connectivity index (χ3v) is 0.758. The van der Waals surface area contributed by atoms with Crippen molar-refractivity contribution in [2.24, 2.45) is 10.2 Å². The molecule has 7 heavy (non-hydrogen) atoms. The Bertz CT molecular complexity index is 144. The first-order valence-corrected chi connectivity index (χ1v) is 2.05. The van der Waals surface area contributed by atoms with Crippen LogP contribution in [0, 0.1) is 0 Å². The van der Waals surface area contributed by atoms with Gasteiger partial charge in [-0.2, -0.15) is 5.11 Å². The van der Waals surface area contributed by atoms with E-state index in [1.165, 1.54) is 0 Å². The number of hydrogen-bond donors (Lipinski definition) is 0. The number of hydrogen-bond acceptors (Lipinski definition) is 3. The summed E-state index contributed by atoms with van der Waals surface area (Å²) in [6.07, 6.45) is 0.670. The Kier molecular flexibility index (Phi) is 1.00. The van der Waals surface area contributed by atoms with Crippen LogP contribution in [0.1, 0.15) is 6.42 Å². The Morgan fingerprint density at radius 3 is 2.86 bits per heavy atom. The van der Waals surface area contributed by atoms with Gasteiger partial charge in [0, 0.05) is 6.42 Å². The quantitative estimate of drug-likeness (QED) is 0.406. The summed E-state index contributed by atoms with van der Waals surface area (Å²) in [5.41, 5.74) is 0.444. The summed E-state index contributed by atoms with van der Waals surface area (Å²) in [4.78, 5) is 9.69. The van der Waals surface area contributed by atoms with E-state index in [1.54, 1.807) is 5.94 Å². The van der Waals surface area contributed by atoms with Crippen LogP contribution in [0.4, 0.5) is 0 Å². The Hall–Kier alpha value is -0.950. The van der Waals surface area contributed by atoms with Gasteiger partial charge < -0.3 is 0 Å². The van der Waals surface area contributed by atoms with Crippen molar-refractivity contribution in [2.75, 3.05) is 6.54 Å². The lowest BCUT2D eigenvalue weighted by molar-refractivity contribution is 0.566. The number of nitrogens with zero attached hydrogens (tertiary/aromatic N) is 2. The molecule has 0 radical (unpaired) electrons. The fraction of sp³-hybridized carbons (Fsp3) is 0.500. The van der Waals surface area contributed by atoms with E-state index in [4.69, 9.17) is 0 Å². The first kappa shape index (κ1) is 4.22. The fourth-order valence-corrected chi connectivity index (χ4v) is 0.413. The maximum atomic E-state index is 9.69. The number of azo groups is 1. The molecule has 0 amide bonds. The van der Waals surface area contributed by atoms with Crippen LogP contribution in [0.3, 0.4) is 0 Å². The third kappa shape index (κ3) is 0.725. The lowest BCUT2D eigenvalue weighted by atomic mass is 10.4. The maximum absolute atomic E-state index is 9.69. The Morgan fingerprint density at radius 1 is 1.71 bits per heavy atom. The Labute approximate surface area is 40.7 Å². The second kappa shape index (κ2) is 1.67. The standard InChI is InChI=1S/C4H4N2O/c7-3-4-1-2-5-6-4/h1-2H2. The van der Waals surface area contributed by atoms with E-state index in [9.17, 15) is 4.79 Å². The predicted octanol–water partition coefficient (Wildman–Crippen LogP) is 0.558. The van der Waals surface area contributed by atoms with E-state index in [0.717, 1.165) is 0 Å². The second-order valence-corrected chi connectivity index (χ2v) is 1.26. The maximum Gasteiger partial charge on any atom is 0.150 e. The van der Waals surface area contributed by atoms with Crippen LogP contribution in [-0.2, 0) is 4.79 Å². The normalized spacial score (nSPS) is 17.4. The zero-order valence-electron chi connectivity index (χ0n) is 3.72. The highest BCUT2D eigenvalue weighted by Gasteiger charge is 2.00. The zero-order chi connectivity index (χ0) is 5.11. The average Bonchev–Trinajstić information content (AvgIpc) is 2.14. The van der Waals surface area contributed by atoms with Gasteiger partial charge in [-0.25, -0.2) is 4.79 Å². The van der Waals surface area contributed by atoms with Gasteiger partial charge in [-0.05, 0) is 0 Å². The van der Waals surface area contributed by atoms with Crippen LogP contribution in [0.5, 0.6) is 0 Å². The van der Waals surface area contributed by atoms with Gasteiger partial charge in [-0.1, -0.05) is 0 Å². The van der Waals surface area contributed by atoms with Crippen LogP contribution in [0.15, 0.2) is 15.9 Å². The smallest absolute Gasteiger partial charge is 0.150 e. The summed E-state index contributed by atoms with van der Waals surface area (Å²) >= 11 is 0. The molecule has 0 N–H and O–H groups in total. The van der Waals surface area contributed by atoms with Crippen LogP contribution in [0.2, 0.25) is 0 Å². The minimum Gasteiger partial charge on any atom is -0.231 e. The van der Waals surface area contributed by atoms with Crippen LogP contribution >= 0.6 is 0 Å². The summed E-state index contributed by atoms with van der Waals surface area (Å²) in [7, 11) is 0. The van der Waals surface area contributed by atoms with Crippen molar-refractivity contribution in [3.05, 3.63) is 5.70 Å². The molecule has 0 saturated carbocycles. The molecule has 1 heterocycles. The van der Waals surface area contributed by atoms with Gasteiger partial charge >= 0.3 is 0 Å². The average molecular weight is 96.1 g/mol. The van der Waals surface area contributed by atoms with E-state index in [0.29, 0.717) is 18.7 Å². The first-order valence-electron chi connectivity index (χ1n) is 2.05. The molecule has 3 nitrogen and oxygen atoms in total. The molecule has 36 valence electrons. The SMILES string of the molecule is O=C=C1CCN=N1. The van der Waals surface area contributed by atoms with Crippen LogP contribution in [-0.4, -0.2) is 12.5 Å². The van der Waals surface area contributed by atoms with Crippen molar-refractivity contribution in [1.29, 1.82) is 0 Å². The predicted molar refractivity (Wildman–Crippen MR) is 23.5 cm³/mol. The van der Waals surface area contributed by atoms with Crippen molar-refractivity contribution in [1.82, 2.24) is 0 Å². The highest BCUT2D eigenvalue weighted by molar-refractivity contribution is 5.51. The Morgan fingerprint density at radius 2 is 2.57 bits per heavy atom. The lowest BCUT2D eigenvalue weighted by Gasteiger charge is -1.70. The topological polar surface area (TPSA) is 41.8 Å². The van der Waals surface area contributed by atoms with Crippen molar-refractivity contribution in [2.45, 2.75) is 6.42 Å². The van der Waals surface area contributed by atoms with Gasteiger partial charge in [0.05, 0.1) is 6.54 Å². The Balaban J connectivity index is 2.77. The van der Waals surface area contributed by atoms with Gasteiger partial charge in [-0.3, -0.25) is 0 Å².